The van der Waals surface area contributed by atoms with Gasteiger partial charge in [0.1, 0.15) is 17.2 Å². The van der Waals surface area contributed by atoms with Crippen LogP contribution in [0.1, 0.15) is 5.56 Å². The average molecular weight is 351 g/mol. The van der Waals surface area contributed by atoms with E-state index in [4.69, 9.17) is 14.2 Å². The number of methoxy groups -OCH3 is 3. The molecule has 0 aliphatic carbocycles. The summed E-state index contributed by atoms with van der Waals surface area (Å²) in [5, 5.41) is 3.19. The Morgan fingerprint density at radius 1 is 0.885 bits per heavy atom. The first kappa shape index (κ1) is 17.5. The van der Waals surface area contributed by atoms with E-state index in [1.165, 1.54) is 0 Å². The van der Waals surface area contributed by atoms with E-state index in [9.17, 15) is 0 Å². The molecule has 0 spiro atoms. The van der Waals surface area contributed by atoms with Gasteiger partial charge >= 0.3 is 0 Å². The fraction of sp³-hybridized carbons (Fsp3) is 0.200. The quantitative estimate of drug-likeness (QED) is 0.717. The molecule has 134 valence electrons. The van der Waals surface area contributed by atoms with Gasteiger partial charge in [0.05, 0.1) is 27.0 Å². The molecule has 3 rings (SSSR count). The molecule has 0 aliphatic heterocycles. The number of hydrogen-bond acceptors (Lipinski definition) is 6. The van der Waals surface area contributed by atoms with E-state index < -0.39 is 0 Å². The second kappa shape index (κ2) is 7.74. The molecule has 0 aliphatic rings. The third kappa shape index (κ3) is 3.69. The molecular formula is C20H21N3O3. The molecule has 0 fully saturated rings. The Kier molecular flexibility index (Phi) is 5.22. The van der Waals surface area contributed by atoms with E-state index >= 15 is 0 Å². The lowest BCUT2D eigenvalue weighted by Gasteiger charge is -2.13. The van der Waals surface area contributed by atoms with Crippen molar-refractivity contribution in [1.82, 2.24) is 9.97 Å². The number of hydrogen-bond donors (Lipinski definition) is 1. The molecule has 0 radical (unpaired) electrons. The van der Waals surface area contributed by atoms with Crippen LogP contribution in [-0.2, 0) is 0 Å². The summed E-state index contributed by atoms with van der Waals surface area (Å²) in [4.78, 5) is 8.89. The van der Waals surface area contributed by atoms with Crippen LogP contribution < -0.4 is 19.5 Å². The molecule has 2 aromatic carbocycles. The average Bonchev–Trinajstić information content (AvgIpc) is 2.68. The van der Waals surface area contributed by atoms with Gasteiger partial charge in [0, 0.05) is 29.1 Å². The summed E-state index contributed by atoms with van der Waals surface area (Å²) < 4.78 is 16.1. The van der Waals surface area contributed by atoms with E-state index in [0.29, 0.717) is 5.95 Å². The predicted octanol–water partition coefficient (Wildman–Crippen LogP) is 4.22. The summed E-state index contributed by atoms with van der Waals surface area (Å²) in [7, 11) is 4.91. The molecule has 0 saturated heterocycles. The second-order valence-corrected chi connectivity index (χ2v) is 5.63. The zero-order valence-electron chi connectivity index (χ0n) is 15.2. The third-order valence-corrected chi connectivity index (χ3v) is 4.03. The van der Waals surface area contributed by atoms with Crippen LogP contribution in [0, 0.1) is 6.92 Å². The van der Waals surface area contributed by atoms with Crippen molar-refractivity contribution < 1.29 is 14.2 Å². The van der Waals surface area contributed by atoms with E-state index in [1.54, 1.807) is 27.5 Å². The number of benzene rings is 2. The van der Waals surface area contributed by atoms with Gasteiger partial charge < -0.3 is 19.5 Å². The highest BCUT2D eigenvalue weighted by Gasteiger charge is 2.11. The molecule has 0 amide bonds. The Morgan fingerprint density at radius 2 is 1.62 bits per heavy atom. The third-order valence-electron chi connectivity index (χ3n) is 4.03. The number of nitrogens with zero attached hydrogens (tertiary/aromatic N) is 2. The summed E-state index contributed by atoms with van der Waals surface area (Å²) in [6.07, 6.45) is 1.71. The topological polar surface area (TPSA) is 65.5 Å². The molecule has 26 heavy (non-hydrogen) atoms. The molecule has 0 bridgehead atoms. The minimum absolute atomic E-state index is 0.495. The van der Waals surface area contributed by atoms with Gasteiger partial charge in [-0.15, -0.1) is 0 Å². The van der Waals surface area contributed by atoms with Crippen LogP contribution in [0.4, 0.5) is 11.6 Å². The highest BCUT2D eigenvalue weighted by atomic mass is 16.5. The van der Waals surface area contributed by atoms with Crippen LogP contribution in [0.3, 0.4) is 0 Å². The van der Waals surface area contributed by atoms with E-state index in [2.05, 4.69) is 15.3 Å². The standard InChI is InChI=1S/C20H21N3O3/c1-13-18(25-3)10-14(11-19(13)26-4)17-8-9-21-20(23-17)22-15-6-5-7-16(12-15)24-2/h5-12H,1-4H3,(H,21,22,23). The first-order valence-electron chi connectivity index (χ1n) is 8.11. The summed E-state index contributed by atoms with van der Waals surface area (Å²) in [6.45, 7) is 1.96. The van der Waals surface area contributed by atoms with Crippen molar-refractivity contribution in [3.63, 3.8) is 0 Å². The Balaban J connectivity index is 1.94. The van der Waals surface area contributed by atoms with Gasteiger partial charge in [-0.3, -0.25) is 0 Å². The zero-order valence-corrected chi connectivity index (χ0v) is 15.2. The van der Waals surface area contributed by atoms with Gasteiger partial charge in [0.15, 0.2) is 0 Å². The van der Waals surface area contributed by atoms with Gasteiger partial charge in [-0.1, -0.05) is 6.07 Å². The van der Waals surface area contributed by atoms with Gasteiger partial charge in [-0.2, -0.15) is 0 Å². The fourth-order valence-corrected chi connectivity index (χ4v) is 2.64. The summed E-state index contributed by atoms with van der Waals surface area (Å²) >= 11 is 0. The van der Waals surface area contributed by atoms with E-state index in [1.807, 2.05) is 49.4 Å². The fourth-order valence-electron chi connectivity index (χ4n) is 2.64. The minimum Gasteiger partial charge on any atom is -0.497 e. The maximum absolute atomic E-state index is 5.45. The highest BCUT2D eigenvalue weighted by Crippen LogP contribution is 2.34. The summed E-state index contributed by atoms with van der Waals surface area (Å²) in [6, 6.07) is 13.3. The van der Waals surface area contributed by atoms with Crippen molar-refractivity contribution in [2.24, 2.45) is 0 Å². The molecule has 0 unspecified atom stereocenters. The number of rotatable bonds is 6. The van der Waals surface area contributed by atoms with Crippen molar-refractivity contribution in [2.45, 2.75) is 6.92 Å². The van der Waals surface area contributed by atoms with Gasteiger partial charge in [0.2, 0.25) is 5.95 Å². The molecule has 1 N–H and O–H groups in total. The maximum Gasteiger partial charge on any atom is 0.227 e. The Labute approximate surface area is 152 Å². The predicted molar refractivity (Wildman–Crippen MR) is 102 cm³/mol. The maximum atomic E-state index is 5.45. The van der Waals surface area contributed by atoms with Crippen LogP contribution >= 0.6 is 0 Å². The van der Waals surface area contributed by atoms with Crippen molar-refractivity contribution in [3.05, 3.63) is 54.2 Å². The van der Waals surface area contributed by atoms with Crippen molar-refractivity contribution >= 4 is 11.6 Å². The zero-order chi connectivity index (χ0) is 18.5. The minimum atomic E-state index is 0.495. The van der Waals surface area contributed by atoms with E-state index in [0.717, 1.165) is 39.8 Å². The first-order valence-corrected chi connectivity index (χ1v) is 8.11. The number of anilines is 2. The normalized spacial score (nSPS) is 10.3. The van der Waals surface area contributed by atoms with Crippen molar-refractivity contribution in [1.29, 1.82) is 0 Å². The number of nitrogens with one attached hydrogen (secondary N) is 1. The highest BCUT2D eigenvalue weighted by molar-refractivity contribution is 5.67. The number of aromatic nitrogens is 2. The molecule has 0 saturated carbocycles. The smallest absolute Gasteiger partial charge is 0.227 e. The van der Waals surface area contributed by atoms with Crippen LogP contribution in [0.5, 0.6) is 17.2 Å². The summed E-state index contributed by atoms with van der Waals surface area (Å²) in [5.74, 6) is 2.76. The van der Waals surface area contributed by atoms with Gasteiger partial charge in [-0.25, -0.2) is 9.97 Å². The molecule has 1 heterocycles. The monoisotopic (exact) mass is 351 g/mol. The van der Waals surface area contributed by atoms with Crippen LogP contribution in [-0.4, -0.2) is 31.3 Å². The Hall–Kier alpha value is -3.28. The largest absolute Gasteiger partial charge is 0.497 e. The number of ether oxygens (including phenoxy) is 3. The summed E-state index contributed by atoms with van der Waals surface area (Å²) in [5.41, 5.74) is 3.45. The Morgan fingerprint density at radius 3 is 2.27 bits per heavy atom. The molecule has 6 heteroatoms. The van der Waals surface area contributed by atoms with E-state index in [-0.39, 0.29) is 0 Å². The van der Waals surface area contributed by atoms with Crippen LogP contribution in [0.25, 0.3) is 11.3 Å². The van der Waals surface area contributed by atoms with Crippen molar-refractivity contribution in [3.8, 4) is 28.5 Å². The molecule has 3 aromatic rings. The molecule has 1 aromatic heterocycles. The van der Waals surface area contributed by atoms with Gasteiger partial charge in [0.25, 0.3) is 0 Å². The van der Waals surface area contributed by atoms with Crippen molar-refractivity contribution in [2.75, 3.05) is 26.6 Å². The molecular weight excluding hydrogens is 330 g/mol. The molecule has 6 nitrogen and oxygen atoms in total. The Bertz CT molecular complexity index is 887. The lowest BCUT2D eigenvalue weighted by atomic mass is 10.1. The van der Waals surface area contributed by atoms with Gasteiger partial charge in [-0.05, 0) is 37.3 Å². The molecule has 0 atom stereocenters. The van der Waals surface area contributed by atoms with Crippen LogP contribution in [0.15, 0.2) is 48.7 Å². The van der Waals surface area contributed by atoms with Crippen LogP contribution in [0.2, 0.25) is 0 Å². The lowest BCUT2D eigenvalue weighted by Crippen LogP contribution is -1.99. The second-order valence-electron chi connectivity index (χ2n) is 5.63. The SMILES string of the molecule is COc1cccc(Nc2nccc(-c3cc(OC)c(C)c(OC)c3)n2)c1. The lowest BCUT2D eigenvalue weighted by molar-refractivity contribution is 0.389. The first-order chi connectivity index (χ1) is 12.6.